The zero-order valence-electron chi connectivity index (χ0n) is 21.9. The molecule has 2 heterocycles. The largest absolute Gasteiger partial charge is 0.492 e. The number of pyridine rings is 1. The second-order valence-corrected chi connectivity index (χ2v) is 9.17. The van der Waals surface area contributed by atoms with E-state index in [0.29, 0.717) is 18.6 Å². The number of nitrogens with one attached hydrogen (secondary N) is 1. The summed E-state index contributed by atoms with van der Waals surface area (Å²) in [4.78, 5) is 54.0. The molecule has 0 bridgehead atoms. The number of benzene rings is 1. The monoisotopic (exact) mass is 553 g/mol. The van der Waals surface area contributed by atoms with Gasteiger partial charge >= 0.3 is 11.9 Å². The van der Waals surface area contributed by atoms with Crippen LogP contribution in [0.2, 0.25) is 0 Å². The molecule has 2 fully saturated rings. The fourth-order valence-electron chi connectivity index (χ4n) is 4.86. The van der Waals surface area contributed by atoms with Crippen molar-refractivity contribution in [3.63, 3.8) is 0 Å². The Kier molecular flexibility index (Phi) is 9.37. The van der Waals surface area contributed by atoms with E-state index in [0.717, 1.165) is 25.3 Å². The molecular formula is C26H33ClFN3O7. The number of hydrogen-bond donors (Lipinski definition) is 1. The van der Waals surface area contributed by atoms with Crippen LogP contribution in [0.5, 0.6) is 5.75 Å². The van der Waals surface area contributed by atoms with Gasteiger partial charge in [-0.25, -0.2) is 4.39 Å². The number of aromatic nitrogens is 1. The number of ether oxygens (including phenoxy) is 3. The Morgan fingerprint density at radius 1 is 1.13 bits per heavy atom. The number of esters is 2. The summed E-state index contributed by atoms with van der Waals surface area (Å²) >= 11 is 0. The molecule has 12 heteroatoms. The number of ketones is 1. The van der Waals surface area contributed by atoms with E-state index in [4.69, 9.17) is 14.2 Å². The molecule has 1 aromatic heterocycles. The highest BCUT2D eigenvalue weighted by atomic mass is 35.5. The van der Waals surface area contributed by atoms with Crippen molar-refractivity contribution in [2.45, 2.75) is 45.2 Å². The molecule has 208 valence electrons. The van der Waals surface area contributed by atoms with Gasteiger partial charge in [0, 0.05) is 31.4 Å². The number of methoxy groups -OCH3 is 1. The van der Waals surface area contributed by atoms with Crippen molar-refractivity contribution in [3.8, 4) is 5.75 Å². The smallest absolute Gasteiger partial charge is 0.328 e. The van der Waals surface area contributed by atoms with E-state index in [1.165, 1.54) is 27.2 Å². The Balaban J connectivity index is 0.00000400. The van der Waals surface area contributed by atoms with Crippen LogP contribution in [0.4, 0.5) is 10.1 Å². The molecule has 0 amide bonds. The number of halogens is 2. The zero-order chi connectivity index (χ0) is 26.9. The summed E-state index contributed by atoms with van der Waals surface area (Å²) in [5, 5.41) is 3.14. The third-order valence-corrected chi connectivity index (χ3v) is 6.83. The maximum absolute atomic E-state index is 15.6. The first-order chi connectivity index (χ1) is 17.8. The predicted octanol–water partition coefficient (Wildman–Crippen LogP) is 2.63. The predicted molar refractivity (Wildman–Crippen MR) is 141 cm³/mol. The highest BCUT2D eigenvalue weighted by molar-refractivity contribution is 6.21. The SMILES string of the molecule is CCOC(=O)C(C(=O)OCC)C(=O)c1cn(C2CC2)c2c(OC)c(N3CCC(NC)C3)c(F)cc2c1=O.Cl. The van der Waals surface area contributed by atoms with Gasteiger partial charge in [-0.3, -0.25) is 19.2 Å². The van der Waals surface area contributed by atoms with Crippen molar-refractivity contribution in [2.24, 2.45) is 5.92 Å². The first-order valence-corrected chi connectivity index (χ1v) is 12.5. The van der Waals surface area contributed by atoms with Crippen molar-refractivity contribution in [1.29, 1.82) is 0 Å². The van der Waals surface area contributed by atoms with Crippen LogP contribution in [-0.2, 0) is 19.1 Å². The molecule has 0 radical (unpaired) electrons. The lowest BCUT2D eigenvalue weighted by atomic mass is 9.96. The van der Waals surface area contributed by atoms with Gasteiger partial charge in [0.1, 0.15) is 5.69 Å². The van der Waals surface area contributed by atoms with E-state index in [-0.39, 0.29) is 54.5 Å². The number of hydrogen-bond acceptors (Lipinski definition) is 9. The van der Waals surface area contributed by atoms with E-state index < -0.39 is 40.4 Å². The fourth-order valence-corrected chi connectivity index (χ4v) is 4.86. The van der Waals surface area contributed by atoms with Crippen LogP contribution in [0.3, 0.4) is 0 Å². The highest BCUT2D eigenvalue weighted by Gasteiger charge is 2.40. The van der Waals surface area contributed by atoms with Crippen LogP contribution >= 0.6 is 12.4 Å². The van der Waals surface area contributed by atoms with Gasteiger partial charge in [-0.2, -0.15) is 0 Å². The Bertz CT molecular complexity index is 1280. The molecule has 1 aromatic carbocycles. The lowest BCUT2D eigenvalue weighted by Crippen LogP contribution is -2.37. The molecule has 2 aliphatic rings. The first kappa shape index (κ1) is 29.4. The minimum atomic E-state index is -1.95. The summed E-state index contributed by atoms with van der Waals surface area (Å²) in [5.74, 6) is -5.64. The average molecular weight is 554 g/mol. The Labute approximate surface area is 225 Å². The Morgan fingerprint density at radius 2 is 1.76 bits per heavy atom. The van der Waals surface area contributed by atoms with Crippen molar-refractivity contribution >= 4 is 46.7 Å². The molecule has 1 aliphatic carbocycles. The summed E-state index contributed by atoms with van der Waals surface area (Å²) in [6.07, 6.45) is 3.74. The minimum absolute atomic E-state index is 0. The third kappa shape index (κ3) is 5.35. The highest BCUT2D eigenvalue weighted by Crippen LogP contribution is 2.44. The van der Waals surface area contributed by atoms with Crippen LogP contribution in [0.15, 0.2) is 17.1 Å². The fraction of sp³-hybridized carbons (Fsp3) is 0.538. The van der Waals surface area contributed by atoms with Gasteiger partial charge in [0.25, 0.3) is 0 Å². The number of Topliss-reactive ketones (excluding diaryl/α,β-unsaturated/α-hetero) is 1. The lowest BCUT2D eigenvalue weighted by molar-refractivity contribution is -0.158. The number of carbonyl (C=O) groups is 3. The maximum atomic E-state index is 15.6. The van der Waals surface area contributed by atoms with Crippen molar-refractivity contribution in [3.05, 3.63) is 33.9 Å². The van der Waals surface area contributed by atoms with E-state index in [2.05, 4.69) is 5.32 Å². The topological polar surface area (TPSA) is 116 Å². The zero-order valence-corrected chi connectivity index (χ0v) is 22.7. The quantitative estimate of drug-likeness (QED) is 0.269. The number of likely N-dealkylation sites (N-methyl/N-ethyl adjacent to an activating group) is 1. The van der Waals surface area contributed by atoms with Crippen LogP contribution < -0.4 is 20.4 Å². The Hall–Kier alpha value is -3.18. The number of nitrogens with zero attached hydrogens (tertiary/aromatic N) is 2. The summed E-state index contributed by atoms with van der Waals surface area (Å²) in [6, 6.07) is 1.25. The average Bonchev–Trinajstić information content (AvgIpc) is 3.60. The van der Waals surface area contributed by atoms with Crippen molar-refractivity contribution in [2.75, 3.05) is 45.4 Å². The maximum Gasteiger partial charge on any atom is 0.328 e. The van der Waals surface area contributed by atoms with Gasteiger partial charge in [-0.1, -0.05) is 0 Å². The first-order valence-electron chi connectivity index (χ1n) is 12.5. The second kappa shape index (κ2) is 12.1. The van der Waals surface area contributed by atoms with Crippen LogP contribution in [0.25, 0.3) is 10.9 Å². The number of carbonyl (C=O) groups excluding carboxylic acids is 3. The molecule has 1 saturated carbocycles. The minimum Gasteiger partial charge on any atom is -0.492 e. The molecule has 0 spiro atoms. The summed E-state index contributed by atoms with van der Waals surface area (Å²) in [5.41, 5.74) is -0.568. The van der Waals surface area contributed by atoms with Crippen LogP contribution in [-0.4, -0.2) is 68.8 Å². The third-order valence-electron chi connectivity index (χ3n) is 6.83. The molecule has 1 N–H and O–H groups in total. The summed E-state index contributed by atoms with van der Waals surface area (Å²) in [7, 11) is 3.27. The van der Waals surface area contributed by atoms with Gasteiger partial charge in [0.2, 0.25) is 5.92 Å². The van der Waals surface area contributed by atoms with Gasteiger partial charge in [-0.05, 0) is 46.2 Å². The summed E-state index contributed by atoms with van der Waals surface area (Å²) < 4.78 is 32.9. The second-order valence-electron chi connectivity index (χ2n) is 9.17. The normalized spacial score (nSPS) is 16.9. The van der Waals surface area contributed by atoms with Gasteiger partial charge in [-0.15, -0.1) is 12.4 Å². The van der Waals surface area contributed by atoms with Crippen LogP contribution in [0.1, 0.15) is 49.5 Å². The van der Waals surface area contributed by atoms with Gasteiger partial charge in [0.15, 0.2) is 22.8 Å². The lowest BCUT2D eigenvalue weighted by Gasteiger charge is -2.25. The van der Waals surface area contributed by atoms with E-state index in [1.54, 1.807) is 4.57 Å². The van der Waals surface area contributed by atoms with Crippen LogP contribution in [0, 0.1) is 11.7 Å². The molecule has 2 aromatic rings. The van der Waals surface area contributed by atoms with Gasteiger partial charge < -0.3 is 29.0 Å². The van der Waals surface area contributed by atoms with Gasteiger partial charge in [0.05, 0.1) is 36.8 Å². The molecule has 4 rings (SSSR count). The Morgan fingerprint density at radius 3 is 2.26 bits per heavy atom. The molecule has 1 atom stereocenters. The molecular weight excluding hydrogens is 521 g/mol. The van der Waals surface area contributed by atoms with E-state index in [9.17, 15) is 19.2 Å². The molecule has 1 saturated heterocycles. The summed E-state index contributed by atoms with van der Waals surface area (Å²) in [6.45, 7) is 4.11. The molecule has 1 unspecified atom stereocenters. The van der Waals surface area contributed by atoms with Crippen molar-refractivity contribution < 1.29 is 33.0 Å². The van der Waals surface area contributed by atoms with E-state index >= 15 is 4.39 Å². The van der Waals surface area contributed by atoms with Crippen molar-refractivity contribution in [1.82, 2.24) is 9.88 Å². The molecule has 38 heavy (non-hydrogen) atoms. The molecule has 10 nitrogen and oxygen atoms in total. The number of fused-ring (bicyclic) bond motifs is 1. The number of anilines is 1. The molecule has 1 aliphatic heterocycles. The number of rotatable bonds is 10. The standard InChI is InChI=1S/C26H32FN3O7.ClH/c1-5-36-25(33)19(26(34)37-6-2)23(32)17-13-30(15-7-8-15)20-16(22(17)31)11-18(27)21(24(20)35-4)29-10-9-14(12-29)28-3;/h11,13-15,19,28H,5-10,12H2,1-4H3;1H. The van der Waals surface area contributed by atoms with E-state index in [1.807, 2.05) is 11.9 Å².